The van der Waals surface area contributed by atoms with E-state index >= 15 is 0 Å². The van der Waals surface area contributed by atoms with Gasteiger partial charge in [-0.3, -0.25) is 16.0 Å². The normalized spacial score (nSPS) is 12.2. The molecule has 0 rings (SSSR count). The Morgan fingerprint density at radius 3 is 1.53 bits per heavy atom. The third-order valence-corrected chi connectivity index (χ3v) is 3.64. The SMILES string of the molecule is CCCNC(CCC[SiH3])(NCCC)NCCC. The van der Waals surface area contributed by atoms with E-state index in [2.05, 4.69) is 36.7 Å². The Kier molecular flexibility index (Phi) is 11.3. The highest BCUT2D eigenvalue weighted by molar-refractivity contribution is 6.08. The molecule has 0 aliphatic heterocycles. The standard InChI is InChI=1S/C13H33N3Si/c1-4-9-14-13(8-7-12-17,15-10-5-2)16-11-6-3/h14-16H,4-12H2,1-3,17H3. The predicted octanol–water partition coefficient (Wildman–Crippen LogP) is 1.20. The minimum absolute atomic E-state index is 0.0214. The van der Waals surface area contributed by atoms with Gasteiger partial charge in [0.2, 0.25) is 0 Å². The largest absolute Gasteiger partial charge is 0.287 e. The van der Waals surface area contributed by atoms with Crippen molar-refractivity contribution in [2.75, 3.05) is 19.6 Å². The second-order valence-electron chi connectivity index (χ2n) is 4.79. The zero-order chi connectivity index (χ0) is 13.0. The van der Waals surface area contributed by atoms with Gasteiger partial charge < -0.3 is 0 Å². The first-order chi connectivity index (χ1) is 8.24. The molecule has 0 amide bonds. The van der Waals surface area contributed by atoms with Crippen LogP contribution in [0, 0.1) is 0 Å². The molecule has 0 atom stereocenters. The number of hydrogen-bond acceptors (Lipinski definition) is 3. The van der Waals surface area contributed by atoms with Crippen LogP contribution in [-0.4, -0.2) is 35.7 Å². The summed E-state index contributed by atoms with van der Waals surface area (Å²) < 4.78 is 0. The fraction of sp³-hybridized carbons (Fsp3) is 1.00. The molecule has 0 radical (unpaired) electrons. The van der Waals surface area contributed by atoms with Crippen molar-refractivity contribution in [3.63, 3.8) is 0 Å². The van der Waals surface area contributed by atoms with E-state index in [9.17, 15) is 0 Å². The summed E-state index contributed by atoms with van der Waals surface area (Å²) in [5.74, 6) is -0.0214. The smallest absolute Gasteiger partial charge is 0.123 e. The Hall–Kier alpha value is 0.0969. The van der Waals surface area contributed by atoms with E-state index in [4.69, 9.17) is 0 Å². The van der Waals surface area contributed by atoms with Crippen molar-refractivity contribution in [3.05, 3.63) is 0 Å². The maximum atomic E-state index is 3.68. The maximum absolute atomic E-state index is 3.68. The van der Waals surface area contributed by atoms with Gasteiger partial charge in [0.05, 0.1) is 0 Å². The first-order valence-electron chi connectivity index (χ1n) is 7.49. The highest BCUT2D eigenvalue weighted by Gasteiger charge is 2.26. The van der Waals surface area contributed by atoms with Crippen molar-refractivity contribution in [1.82, 2.24) is 16.0 Å². The van der Waals surface area contributed by atoms with Crippen molar-refractivity contribution in [2.24, 2.45) is 0 Å². The predicted molar refractivity (Wildman–Crippen MR) is 81.6 cm³/mol. The van der Waals surface area contributed by atoms with E-state index in [0.717, 1.165) is 19.6 Å². The Morgan fingerprint density at radius 1 is 0.824 bits per heavy atom. The number of hydrogen-bond donors (Lipinski definition) is 3. The molecular weight excluding hydrogens is 226 g/mol. The fourth-order valence-electron chi connectivity index (χ4n) is 1.91. The summed E-state index contributed by atoms with van der Waals surface area (Å²) in [7, 11) is 1.31. The van der Waals surface area contributed by atoms with E-state index in [0.29, 0.717) is 0 Å². The van der Waals surface area contributed by atoms with Crippen LogP contribution in [0.5, 0.6) is 0 Å². The van der Waals surface area contributed by atoms with Gasteiger partial charge in [0.1, 0.15) is 5.79 Å². The van der Waals surface area contributed by atoms with Crippen LogP contribution >= 0.6 is 0 Å². The first-order valence-corrected chi connectivity index (χ1v) is 8.91. The van der Waals surface area contributed by atoms with Crippen molar-refractivity contribution in [2.45, 2.75) is 64.7 Å². The van der Waals surface area contributed by atoms with Crippen LogP contribution in [0.1, 0.15) is 52.9 Å². The van der Waals surface area contributed by atoms with Gasteiger partial charge >= 0.3 is 0 Å². The van der Waals surface area contributed by atoms with Crippen LogP contribution in [0.3, 0.4) is 0 Å². The van der Waals surface area contributed by atoms with Crippen molar-refractivity contribution >= 4 is 10.2 Å². The molecule has 0 saturated carbocycles. The molecule has 0 spiro atoms. The highest BCUT2D eigenvalue weighted by atomic mass is 28.1. The Labute approximate surface area is 111 Å². The zero-order valence-electron chi connectivity index (χ0n) is 12.4. The van der Waals surface area contributed by atoms with Crippen LogP contribution in [-0.2, 0) is 0 Å². The highest BCUT2D eigenvalue weighted by Crippen LogP contribution is 2.08. The van der Waals surface area contributed by atoms with Crippen LogP contribution < -0.4 is 16.0 Å². The molecule has 0 aromatic rings. The second-order valence-corrected chi connectivity index (χ2v) is 5.79. The van der Waals surface area contributed by atoms with Gasteiger partial charge in [0.25, 0.3) is 0 Å². The molecule has 0 aromatic carbocycles. The van der Waals surface area contributed by atoms with Crippen LogP contribution in [0.2, 0.25) is 6.04 Å². The van der Waals surface area contributed by atoms with Crippen molar-refractivity contribution in [3.8, 4) is 0 Å². The van der Waals surface area contributed by atoms with Gasteiger partial charge in [-0.15, -0.1) is 0 Å². The van der Waals surface area contributed by atoms with Gasteiger partial charge in [-0.1, -0.05) is 33.2 Å². The lowest BCUT2D eigenvalue weighted by Crippen LogP contribution is -2.66. The molecule has 0 saturated heterocycles. The lowest BCUT2D eigenvalue weighted by Gasteiger charge is -2.37. The topological polar surface area (TPSA) is 36.1 Å². The third kappa shape index (κ3) is 7.92. The minimum Gasteiger partial charge on any atom is -0.287 e. The molecule has 0 bridgehead atoms. The summed E-state index contributed by atoms with van der Waals surface area (Å²) in [6.45, 7) is 9.91. The number of rotatable bonds is 12. The quantitative estimate of drug-likeness (QED) is 0.364. The molecule has 0 aliphatic rings. The molecule has 104 valence electrons. The average molecular weight is 260 g/mol. The van der Waals surface area contributed by atoms with E-state index in [1.807, 2.05) is 0 Å². The summed E-state index contributed by atoms with van der Waals surface area (Å²) in [6, 6.07) is 1.39. The lowest BCUT2D eigenvalue weighted by atomic mass is 10.1. The summed E-state index contributed by atoms with van der Waals surface area (Å²) in [4.78, 5) is 0. The van der Waals surface area contributed by atoms with Gasteiger partial charge in [-0.2, -0.15) is 0 Å². The van der Waals surface area contributed by atoms with E-state index in [-0.39, 0.29) is 5.79 Å². The Balaban J connectivity index is 4.39. The van der Waals surface area contributed by atoms with E-state index in [1.165, 1.54) is 48.4 Å². The third-order valence-electron chi connectivity index (χ3n) is 2.94. The van der Waals surface area contributed by atoms with Crippen molar-refractivity contribution < 1.29 is 0 Å². The minimum atomic E-state index is -0.0214. The molecule has 0 fully saturated rings. The van der Waals surface area contributed by atoms with Gasteiger partial charge in [0, 0.05) is 10.2 Å². The molecular formula is C13H33N3Si. The lowest BCUT2D eigenvalue weighted by molar-refractivity contribution is 0.181. The maximum Gasteiger partial charge on any atom is 0.123 e. The molecule has 4 heteroatoms. The van der Waals surface area contributed by atoms with E-state index < -0.39 is 0 Å². The Morgan fingerprint density at radius 2 is 1.24 bits per heavy atom. The van der Waals surface area contributed by atoms with Crippen molar-refractivity contribution in [1.29, 1.82) is 0 Å². The average Bonchev–Trinajstić information content (AvgIpc) is 2.37. The fourth-order valence-corrected chi connectivity index (χ4v) is 2.26. The van der Waals surface area contributed by atoms with E-state index in [1.54, 1.807) is 0 Å². The summed E-state index contributed by atoms with van der Waals surface area (Å²) >= 11 is 0. The second kappa shape index (κ2) is 11.2. The molecule has 3 nitrogen and oxygen atoms in total. The first kappa shape index (κ1) is 17.1. The summed E-state index contributed by atoms with van der Waals surface area (Å²) in [5, 5.41) is 11.0. The van der Waals surface area contributed by atoms with Crippen LogP contribution in [0.25, 0.3) is 0 Å². The van der Waals surface area contributed by atoms with Gasteiger partial charge in [-0.25, -0.2) is 0 Å². The number of nitrogens with one attached hydrogen (secondary N) is 3. The monoisotopic (exact) mass is 259 g/mol. The van der Waals surface area contributed by atoms with Gasteiger partial charge in [0.15, 0.2) is 0 Å². The molecule has 0 aliphatic carbocycles. The van der Waals surface area contributed by atoms with Crippen LogP contribution in [0.4, 0.5) is 0 Å². The summed E-state index contributed by atoms with van der Waals surface area (Å²) in [6.07, 6.45) is 6.06. The van der Waals surface area contributed by atoms with Gasteiger partial charge in [-0.05, 0) is 45.3 Å². The molecule has 0 heterocycles. The van der Waals surface area contributed by atoms with Crippen LogP contribution in [0.15, 0.2) is 0 Å². The zero-order valence-corrected chi connectivity index (χ0v) is 14.4. The molecule has 3 N–H and O–H groups in total. The summed E-state index contributed by atoms with van der Waals surface area (Å²) in [5.41, 5.74) is 0. The molecule has 17 heavy (non-hydrogen) atoms. The molecule has 0 aromatic heterocycles. The molecule has 0 unspecified atom stereocenters. The Bertz CT molecular complexity index is 127.